The van der Waals surface area contributed by atoms with Crippen LogP contribution in [0.3, 0.4) is 0 Å². The molecular formula is C47H57F9N6O12. The zero-order chi connectivity index (χ0) is 56.0. The molecule has 0 saturated carbocycles. The highest BCUT2D eigenvalue weighted by Crippen LogP contribution is 2.34. The Bertz CT molecular complexity index is 2410. The lowest BCUT2D eigenvalue weighted by atomic mass is 10.0. The molecule has 5 N–H and O–H groups in total. The number of hydrogen-bond donors (Lipinski definition) is 4. The molecule has 27 heteroatoms. The number of hydrogen-bond acceptors (Lipinski definition) is 11. The fourth-order valence-corrected chi connectivity index (χ4v) is 8.56. The molecule has 0 aromatic heterocycles. The van der Waals surface area contributed by atoms with Gasteiger partial charge in [0.25, 0.3) is 6.47 Å². The number of alkyl carbamates (subject to hydrolysis) is 1. The van der Waals surface area contributed by atoms with Crippen molar-refractivity contribution < 1.29 is 97.6 Å². The lowest BCUT2D eigenvalue weighted by Gasteiger charge is -2.28. The monoisotopic (exact) mass is 1070 g/mol. The molecule has 0 unspecified atom stereocenters. The Hall–Kier alpha value is -6.93. The first-order valence-corrected chi connectivity index (χ1v) is 22.7. The number of fused-ring (bicyclic) bond motifs is 2. The molecule has 6 rings (SSSR count). The van der Waals surface area contributed by atoms with Crippen LogP contribution >= 0.6 is 0 Å². The average Bonchev–Trinajstić information content (AvgIpc) is 4.07. The van der Waals surface area contributed by atoms with Gasteiger partial charge < -0.3 is 50.3 Å². The topological polar surface area (TPSA) is 246 Å². The van der Waals surface area contributed by atoms with E-state index in [-0.39, 0.29) is 90.8 Å². The van der Waals surface area contributed by atoms with Gasteiger partial charge in [-0.2, -0.15) is 13.2 Å². The van der Waals surface area contributed by atoms with Crippen LogP contribution in [0.1, 0.15) is 71.4 Å². The Morgan fingerprint density at radius 1 is 0.703 bits per heavy atom. The van der Waals surface area contributed by atoms with Gasteiger partial charge in [-0.15, -0.1) is 0 Å². The molecule has 4 fully saturated rings. The van der Waals surface area contributed by atoms with Gasteiger partial charge in [0, 0.05) is 102 Å². The van der Waals surface area contributed by atoms with Crippen molar-refractivity contribution >= 4 is 48.1 Å². The van der Waals surface area contributed by atoms with E-state index in [1.54, 1.807) is 40.4 Å². The number of benzene rings is 2. The third-order valence-electron chi connectivity index (χ3n) is 11.9. The Morgan fingerprint density at radius 2 is 1.12 bits per heavy atom. The summed E-state index contributed by atoms with van der Waals surface area (Å²) in [6, 6.07) is 0.718. The summed E-state index contributed by atoms with van der Waals surface area (Å²) in [5.41, 5.74) is 4.94. The first kappa shape index (κ1) is 61.4. The maximum absolute atomic E-state index is 14.2. The minimum Gasteiger partial charge on any atom is -0.478 e. The van der Waals surface area contributed by atoms with Crippen molar-refractivity contribution in [1.82, 2.24) is 24.9 Å². The van der Waals surface area contributed by atoms with E-state index in [4.69, 9.17) is 25.5 Å². The van der Waals surface area contributed by atoms with Gasteiger partial charge in [0.2, 0.25) is 23.6 Å². The summed E-state index contributed by atoms with van der Waals surface area (Å²) in [6.45, 7) is 11.5. The molecule has 2 aromatic carbocycles. The zero-order valence-electron chi connectivity index (χ0n) is 40.7. The molecule has 74 heavy (non-hydrogen) atoms. The number of nitrogens with zero attached hydrogens (tertiary/aromatic N) is 4. The SMILES string of the molecule is CC(=O)N1C[C@@H]2CCN(C(=O)C[C@@H](Cc3cc(F)c(F)cc3F)NC(=O)OC(C)(C)C)[C@@H]2C1.CC(=O)N1C[C@@H]2CCN(C(=O)C[C@H](N)Cc3cc(F)c(F)cc3F)[C@@H]2C1.O=C(O)C(F)(F)F.O=CO/C=C/C(=O)O. The van der Waals surface area contributed by atoms with Gasteiger partial charge in [-0.3, -0.25) is 24.0 Å². The second-order valence-electron chi connectivity index (χ2n) is 18.6. The summed E-state index contributed by atoms with van der Waals surface area (Å²) >= 11 is 0. The van der Waals surface area contributed by atoms with Gasteiger partial charge in [0.1, 0.15) is 23.5 Å². The molecule has 4 aliphatic rings. The maximum Gasteiger partial charge on any atom is 0.490 e. The number of nitrogens with two attached hydrogens (primary N) is 1. The summed E-state index contributed by atoms with van der Waals surface area (Å²) in [7, 11) is 0. The smallest absolute Gasteiger partial charge is 0.478 e. The van der Waals surface area contributed by atoms with Crippen molar-refractivity contribution in [2.24, 2.45) is 17.6 Å². The molecule has 18 nitrogen and oxygen atoms in total. The number of amides is 5. The van der Waals surface area contributed by atoms with Gasteiger partial charge in [0.05, 0.1) is 18.2 Å². The lowest BCUT2D eigenvalue weighted by molar-refractivity contribution is -0.192. The van der Waals surface area contributed by atoms with Crippen molar-refractivity contribution in [2.75, 3.05) is 39.3 Å². The van der Waals surface area contributed by atoms with Crippen molar-refractivity contribution in [3.8, 4) is 0 Å². The number of halogens is 9. The number of rotatable bonds is 12. The standard InChI is InChI=1S/C23H30F3N3O4.C18H22F3N3O2.C4H4O4.C2HF3O2/c1-13(30)28-11-14-5-6-29(20(14)12-28)21(31)9-16(27-22(32)33-23(2,3)4)7-15-8-18(25)19(26)10-17(15)24;1-10(25)23-8-11-2-3-24(17(11)9-23)18(26)6-13(22)4-12-5-15(20)16(21)7-14(12)19;5-3-8-2-1-4(6)7;3-2(4,5)1(6)7/h8,10,14,16,20H,5-7,9,11-12H2,1-4H3,(H,27,32);5,7,11,13,17H,2-4,6,8-9,22H2,1H3;1-3H,(H,6,7);(H,6,7)/b;;2-1+;/t14-,16+,20+;11-,13+,17+;;/m00../s1. The van der Waals surface area contributed by atoms with Crippen molar-refractivity contribution in [3.05, 3.63) is 82.6 Å². The van der Waals surface area contributed by atoms with Gasteiger partial charge in [0.15, 0.2) is 23.3 Å². The minimum absolute atomic E-state index is 0.00129. The van der Waals surface area contributed by atoms with E-state index in [9.17, 15) is 73.1 Å². The van der Waals surface area contributed by atoms with Crippen molar-refractivity contribution in [3.63, 3.8) is 0 Å². The van der Waals surface area contributed by atoms with Crippen LogP contribution in [0.5, 0.6) is 0 Å². The van der Waals surface area contributed by atoms with Crippen LogP contribution in [-0.2, 0) is 55.9 Å². The summed E-state index contributed by atoms with van der Waals surface area (Å²) < 4.78 is 122. The Labute approximate surface area is 418 Å². The highest BCUT2D eigenvalue weighted by molar-refractivity contribution is 5.80. The largest absolute Gasteiger partial charge is 0.490 e. The Balaban J connectivity index is 0.000000310. The number of likely N-dealkylation sites (tertiary alicyclic amines) is 4. The molecule has 5 amide bonds. The Morgan fingerprint density at radius 3 is 1.51 bits per heavy atom. The van der Waals surface area contributed by atoms with Gasteiger partial charge in [-0.05, 0) is 69.7 Å². The third kappa shape index (κ3) is 18.8. The highest BCUT2D eigenvalue weighted by atomic mass is 19.4. The lowest BCUT2D eigenvalue weighted by Crippen LogP contribution is -2.46. The van der Waals surface area contributed by atoms with E-state index in [1.807, 2.05) is 0 Å². The third-order valence-corrected chi connectivity index (χ3v) is 11.9. The predicted octanol–water partition coefficient (Wildman–Crippen LogP) is 4.84. The van der Waals surface area contributed by atoms with Crippen LogP contribution in [0.25, 0.3) is 0 Å². The van der Waals surface area contributed by atoms with Crippen LogP contribution in [-0.4, -0.2) is 153 Å². The van der Waals surface area contributed by atoms with Gasteiger partial charge in [-0.25, -0.2) is 40.7 Å². The molecule has 4 heterocycles. The second kappa shape index (κ2) is 26.9. The van der Waals surface area contributed by atoms with Crippen LogP contribution in [0, 0.1) is 46.7 Å². The van der Waals surface area contributed by atoms with E-state index in [1.165, 1.54) is 13.8 Å². The molecule has 2 aromatic rings. The first-order chi connectivity index (χ1) is 34.3. The summed E-state index contributed by atoms with van der Waals surface area (Å²) in [4.78, 5) is 96.0. The molecule has 410 valence electrons. The molecule has 4 saturated heterocycles. The molecule has 0 aliphatic carbocycles. The molecule has 0 radical (unpaired) electrons. The summed E-state index contributed by atoms with van der Waals surface area (Å²) in [6.07, 6.45) is -3.25. The van der Waals surface area contributed by atoms with Crippen molar-refractivity contribution in [1.29, 1.82) is 0 Å². The van der Waals surface area contributed by atoms with Gasteiger partial charge >= 0.3 is 24.2 Å². The van der Waals surface area contributed by atoms with E-state index in [0.717, 1.165) is 31.2 Å². The van der Waals surface area contributed by atoms with Crippen LogP contribution in [0.2, 0.25) is 0 Å². The number of aliphatic carboxylic acids is 2. The van der Waals surface area contributed by atoms with Crippen LogP contribution < -0.4 is 11.1 Å². The fourth-order valence-electron chi connectivity index (χ4n) is 8.56. The number of alkyl halides is 3. The van der Waals surface area contributed by atoms with Crippen molar-refractivity contribution in [2.45, 2.75) is 109 Å². The number of nitrogens with one attached hydrogen (secondary N) is 1. The molecular weight excluding hydrogens is 1010 g/mol. The number of carbonyl (C=O) groups is 8. The number of carbonyl (C=O) groups excluding carboxylic acids is 6. The quantitative estimate of drug-likeness (QED) is 0.0732. The maximum atomic E-state index is 14.2. The zero-order valence-corrected chi connectivity index (χ0v) is 40.7. The molecule has 4 aliphatic heterocycles. The minimum atomic E-state index is -5.08. The van der Waals surface area contributed by atoms with E-state index >= 15 is 0 Å². The Kier molecular flexibility index (Phi) is 22.3. The highest BCUT2D eigenvalue weighted by Gasteiger charge is 2.45. The van der Waals surface area contributed by atoms with E-state index < -0.39 is 76.8 Å². The predicted molar refractivity (Wildman–Crippen MR) is 240 cm³/mol. The normalized spacial score (nSPS) is 19.6. The summed E-state index contributed by atoms with van der Waals surface area (Å²) in [5, 5.41) is 17.6. The van der Waals surface area contributed by atoms with Gasteiger partial charge in [-0.1, -0.05) is 0 Å². The molecule has 0 bridgehead atoms. The molecule has 6 atom stereocenters. The summed E-state index contributed by atoms with van der Waals surface area (Å²) in [5.74, 6) is -10.7. The average molecular weight is 1070 g/mol. The number of carboxylic acids is 2. The molecule has 0 spiro atoms. The van der Waals surface area contributed by atoms with Crippen LogP contribution in [0.15, 0.2) is 36.6 Å². The van der Waals surface area contributed by atoms with E-state index in [0.29, 0.717) is 57.5 Å². The fraction of sp³-hybridized carbons (Fsp3) is 0.532. The van der Waals surface area contributed by atoms with Crippen LogP contribution in [0.4, 0.5) is 44.3 Å². The first-order valence-electron chi connectivity index (χ1n) is 22.7. The number of carboxylic acid groups (broad SMARTS) is 2. The number of ether oxygens (including phenoxy) is 2. The second-order valence-corrected chi connectivity index (χ2v) is 18.6. The van der Waals surface area contributed by atoms with E-state index in [2.05, 4.69) is 10.1 Å².